The first-order chi connectivity index (χ1) is 14.1. The molecule has 0 atom stereocenters. The number of aromatic nitrogens is 2. The summed E-state index contributed by atoms with van der Waals surface area (Å²) in [4.78, 5) is 18.8. The highest BCUT2D eigenvalue weighted by Gasteiger charge is 2.23. The smallest absolute Gasteiger partial charge is 0.322 e. The second kappa shape index (κ2) is 8.86. The molecule has 7 nitrogen and oxygen atoms in total. The standard InChI is InChI=1S/C21H27ClN6O/c1-16-8-10-26(11-9-16)19-6-7-20(25-24-19)27-12-14-28(15-13-27)21(29)23-18-5-3-2-4-17(18)22/h2-7,16H,8-15H2,1H3,(H,23,29). The summed E-state index contributed by atoms with van der Waals surface area (Å²) < 4.78 is 0. The normalized spacial score (nSPS) is 18.1. The average molecular weight is 415 g/mol. The molecule has 0 bridgehead atoms. The van der Waals surface area contributed by atoms with E-state index < -0.39 is 0 Å². The zero-order valence-electron chi connectivity index (χ0n) is 16.7. The third kappa shape index (κ3) is 4.72. The molecule has 0 unspecified atom stereocenters. The number of nitrogens with one attached hydrogen (secondary N) is 1. The summed E-state index contributed by atoms with van der Waals surface area (Å²) >= 11 is 6.13. The van der Waals surface area contributed by atoms with Crippen molar-refractivity contribution in [3.05, 3.63) is 41.4 Å². The third-order valence-corrected chi connectivity index (χ3v) is 6.08. The van der Waals surface area contributed by atoms with Crippen LogP contribution < -0.4 is 15.1 Å². The summed E-state index contributed by atoms with van der Waals surface area (Å²) in [5.74, 6) is 2.62. The molecule has 3 heterocycles. The van der Waals surface area contributed by atoms with Gasteiger partial charge < -0.3 is 20.0 Å². The van der Waals surface area contributed by atoms with Gasteiger partial charge >= 0.3 is 6.03 Å². The number of piperazine rings is 1. The lowest BCUT2D eigenvalue weighted by molar-refractivity contribution is 0.208. The largest absolute Gasteiger partial charge is 0.355 e. The van der Waals surface area contributed by atoms with Crippen LogP contribution in [0.2, 0.25) is 5.02 Å². The molecular weight excluding hydrogens is 388 g/mol. The van der Waals surface area contributed by atoms with Crippen LogP contribution in [0.15, 0.2) is 36.4 Å². The predicted octanol–water partition coefficient (Wildman–Crippen LogP) is 3.72. The molecule has 1 N–H and O–H groups in total. The minimum absolute atomic E-state index is 0.126. The van der Waals surface area contributed by atoms with Crippen LogP contribution in [0.5, 0.6) is 0 Å². The van der Waals surface area contributed by atoms with E-state index in [4.69, 9.17) is 11.6 Å². The van der Waals surface area contributed by atoms with Gasteiger partial charge in [-0.1, -0.05) is 30.7 Å². The highest BCUT2D eigenvalue weighted by atomic mass is 35.5. The van der Waals surface area contributed by atoms with Gasteiger partial charge in [-0.2, -0.15) is 0 Å². The van der Waals surface area contributed by atoms with E-state index in [1.165, 1.54) is 12.8 Å². The van der Waals surface area contributed by atoms with Crippen LogP contribution >= 0.6 is 11.6 Å². The number of benzene rings is 1. The summed E-state index contributed by atoms with van der Waals surface area (Å²) in [6.45, 7) is 7.12. The van der Waals surface area contributed by atoms with Crippen LogP contribution in [0.4, 0.5) is 22.1 Å². The number of hydrogen-bond acceptors (Lipinski definition) is 5. The highest BCUT2D eigenvalue weighted by Crippen LogP contribution is 2.23. The van der Waals surface area contributed by atoms with Crippen LogP contribution in [-0.4, -0.2) is 60.4 Å². The van der Waals surface area contributed by atoms with E-state index in [0.717, 1.165) is 43.7 Å². The van der Waals surface area contributed by atoms with Crippen molar-refractivity contribution in [1.29, 1.82) is 0 Å². The quantitative estimate of drug-likeness (QED) is 0.829. The zero-order chi connectivity index (χ0) is 20.2. The number of hydrogen-bond donors (Lipinski definition) is 1. The maximum absolute atomic E-state index is 12.5. The van der Waals surface area contributed by atoms with Gasteiger partial charge in [0, 0.05) is 39.3 Å². The minimum Gasteiger partial charge on any atom is -0.355 e. The number of carbonyl (C=O) groups is 1. The molecule has 29 heavy (non-hydrogen) atoms. The molecule has 0 spiro atoms. The fourth-order valence-electron chi connectivity index (χ4n) is 3.79. The van der Waals surface area contributed by atoms with Crippen molar-refractivity contribution in [2.75, 3.05) is 54.4 Å². The highest BCUT2D eigenvalue weighted by molar-refractivity contribution is 6.33. The number of halogens is 1. The fourth-order valence-corrected chi connectivity index (χ4v) is 3.97. The molecule has 0 radical (unpaired) electrons. The third-order valence-electron chi connectivity index (χ3n) is 5.75. The van der Waals surface area contributed by atoms with Crippen LogP contribution in [0.25, 0.3) is 0 Å². The van der Waals surface area contributed by atoms with Gasteiger partial charge in [0.1, 0.15) is 0 Å². The molecule has 2 fully saturated rings. The lowest BCUT2D eigenvalue weighted by Crippen LogP contribution is -2.50. The topological polar surface area (TPSA) is 64.6 Å². The number of anilines is 3. The Morgan fingerprint density at radius 3 is 2.10 bits per heavy atom. The number of nitrogens with zero attached hydrogens (tertiary/aromatic N) is 5. The first-order valence-corrected chi connectivity index (χ1v) is 10.6. The second-order valence-corrected chi connectivity index (χ2v) is 8.21. The molecule has 2 aliphatic heterocycles. The van der Waals surface area contributed by atoms with Crippen LogP contribution in [0.1, 0.15) is 19.8 Å². The van der Waals surface area contributed by atoms with E-state index in [1.54, 1.807) is 17.0 Å². The average Bonchev–Trinajstić information content (AvgIpc) is 2.76. The molecule has 154 valence electrons. The van der Waals surface area contributed by atoms with Gasteiger partial charge in [0.2, 0.25) is 0 Å². The Kier molecular flexibility index (Phi) is 6.04. The molecular formula is C21H27ClN6O. The molecule has 1 aromatic heterocycles. The zero-order valence-corrected chi connectivity index (χ0v) is 17.5. The summed E-state index contributed by atoms with van der Waals surface area (Å²) in [6, 6.07) is 11.2. The Morgan fingerprint density at radius 1 is 0.931 bits per heavy atom. The maximum atomic E-state index is 12.5. The molecule has 2 amide bonds. The van der Waals surface area contributed by atoms with Gasteiger partial charge in [0.05, 0.1) is 10.7 Å². The minimum atomic E-state index is -0.126. The van der Waals surface area contributed by atoms with Crippen LogP contribution in [0.3, 0.4) is 0 Å². The fraction of sp³-hybridized carbons (Fsp3) is 0.476. The number of para-hydroxylation sites is 1. The lowest BCUT2D eigenvalue weighted by Gasteiger charge is -2.35. The van der Waals surface area contributed by atoms with Crippen molar-refractivity contribution in [3.63, 3.8) is 0 Å². The first kappa shape index (κ1) is 19.8. The first-order valence-electron chi connectivity index (χ1n) is 10.2. The molecule has 1 aromatic carbocycles. The van der Waals surface area contributed by atoms with Crippen molar-refractivity contribution in [1.82, 2.24) is 15.1 Å². The van der Waals surface area contributed by atoms with Gasteiger partial charge in [-0.05, 0) is 43.0 Å². The Balaban J connectivity index is 1.30. The number of rotatable bonds is 3. The monoisotopic (exact) mass is 414 g/mol. The molecule has 0 aliphatic carbocycles. The molecule has 2 aliphatic rings. The molecule has 8 heteroatoms. The van der Waals surface area contributed by atoms with E-state index in [2.05, 4.69) is 38.3 Å². The van der Waals surface area contributed by atoms with Crippen molar-refractivity contribution >= 4 is 35.0 Å². The molecule has 4 rings (SSSR count). The van der Waals surface area contributed by atoms with E-state index in [9.17, 15) is 4.79 Å². The summed E-state index contributed by atoms with van der Waals surface area (Å²) in [7, 11) is 0. The van der Waals surface area contributed by atoms with Crippen molar-refractivity contribution in [3.8, 4) is 0 Å². The van der Waals surface area contributed by atoms with E-state index in [-0.39, 0.29) is 6.03 Å². The summed E-state index contributed by atoms with van der Waals surface area (Å²) in [5, 5.41) is 12.3. The van der Waals surface area contributed by atoms with Crippen molar-refractivity contribution in [2.45, 2.75) is 19.8 Å². The lowest BCUT2D eigenvalue weighted by atomic mass is 9.99. The van der Waals surface area contributed by atoms with Crippen molar-refractivity contribution < 1.29 is 4.79 Å². The Bertz CT molecular complexity index is 829. The van der Waals surface area contributed by atoms with Crippen molar-refractivity contribution in [2.24, 2.45) is 5.92 Å². The Morgan fingerprint density at radius 2 is 1.52 bits per heavy atom. The van der Waals surface area contributed by atoms with E-state index >= 15 is 0 Å². The SMILES string of the molecule is CC1CCN(c2ccc(N3CCN(C(=O)Nc4ccccc4Cl)CC3)nn2)CC1. The van der Waals surface area contributed by atoms with Gasteiger partial charge in [-0.15, -0.1) is 10.2 Å². The number of piperidine rings is 1. The number of carbonyl (C=O) groups excluding carboxylic acids is 1. The maximum Gasteiger partial charge on any atom is 0.322 e. The molecule has 2 saturated heterocycles. The Labute approximate surface area is 176 Å². The van der Waals surface area contributed by atoms with E-state index in [1.807, 2.05) is 18.2 Å². The van der Waals surface area contributed by atoms with Gasteiger partial charge in [0.15, 0.2) is 11.6 Å². The van der Waals surface area contributed by atoms with Crippen LogP contribution in [0, 0.1) is 5.92 Å². The summed E-state index contributed by atoms with van der Waals surface area (Å²) in [6.07, 6.45) is 2.42. The molecule has 2 aromatic rings. The Hall–Kier alpha value is -2.54. The number of urea groups is 1. The van der Waals surface area contributed by atoms with E-state index in [0.29, 0.717) is 23.8 Å². The van der Waals surface area contributed by atoms with Gasteiger partial charge in [-0.3, -0.25) is 0 Å². The summed E-state index contributed by atoms with van der Waals surface area (Å²) in [5.41, 5.74) is 0.634. The predicted molar refractivity (Wildman–Crippen MR) is 117 cm³/mol. The van der Waals surface area contributed by atoms with Gasteiger partial charge in [0.25, 0.3) is 0 Å². The number of amides is 2. The van der Waals surface area contributed by atoms with Gasteiger partial charge in [-0.25, -0.2) is 4.79 Å². The molecule has 0 saturated carbocycles. The van der Waals surface area contributed by atoms with Crippen LogP contribution in [-0.2, 0) is 0 Å². The second-order valence-electron chi connectivity index (χ2n) is 7.80.